The van der Waals surface area contributed by atoms with Gasteiger partial charge in [0.1, 0.15) is 11.5 Å². The van der Waals surface area contributed by atoms with E-state index >= 15 is 0 Å². The zero-order chi connectivity index (χ0) is 14.5. The highest BCUT2D eigenvalue weighted by Gasteiger charge is 2.44. The van der Waals surface area contributed by atoms with Crippen LogP contribution in [0.2, 0.25) is 0 Å². The van der Waals surface area contributed by atoms with Crippen LogP contribution in [0.3, 0.4) is 0 Å². The van der Waals surface area contributed by atoms with E-state index in [0.29, 0.717) is 11.5 Å². The molecule has 1 saturated heterocycles. The predicted molar refractivity (Wildman–Crippen MR) is 81.6 cm³/mol. The number of halogens is 1. The molecule has 1 atom stereocenters. The molecular formula is C16H19BrNO3P. The Hall–Kier alpha value is -1.29. The second kappa shape index (κ2) is 7.82. The van der Waals surface area contributed by atoms with E-state index in [0.717, 1.165) is 19.4 Å². The zero-order valence-corrected chi connectivity index (χ0v) is 14.6. The van der Waals surface area contributed by atoms with Crippen LogP contribution in [0, 0.1) is 0 Å². The van der Waals surface area contributed by atoms with Crippen LogP contribution in [0.15, 0.2) is 60.7 Å². The molecular weight excluding hydrogens is 365 g/mol. The van der Waals surface area contributed by atoms with Gasteiger partial charge in [-0.25, -0.2) is 4.57 Å². The zero-order valence-electron chi connectivity index (χ0n) is 12.1. The molecule has 22 heavy (non-hydrogen) atoms. The van der Waals surface area contributed by atoms with Crippen LogP contribution in [-0.2, 0) is 4.57 Å². The molecule has 118 valence electrons. The van der Waals surface area contributed by atoms with Gasteiger partial charge in [0, 0.05) is 12.8 Å². The number of rotatable bonds is 5. The van der Waals surface area contributed by atoms with Crippen LogP contribution >= 0.6 is 7.60 Å². The first-order valence-electron chi connectivity index (χ1n) is 7.19. The lowest BCUT2D eigenvalue weighted by molar-refractivity contribution is -0.652. The maximum absolute atomic E-state index is 13.3. The lowest BCUT2D eigenvalue weighted by atomic mass is 10.3. The van der Waals surface area contributed by atoms with E-state index < -0.39 is 7.60 Å². The van der Waals surface area contributed by atoms with E-state index in [1.807, 2.05) is 36.4 Å². The lowest BCUT2D eigenvalue weighted by Crippen LogP contribution is -3.00. The van der Waals surface area contributed by atoms with Crippen molar-refractivity contribution in [2.45, 2.75) is 18.6 Å². The van der Waals surface area contributed by atoms with Crippen molar-refractivity contribution >= 4 is 7.60 Å². The standard InChI is InChI=1S/C16H18NO3P.BrH/c18-21(16-12-7-13-17-16,19-14-8-3-1-4-9-14)20-15-10-5-2-6-11-15;/h1-6,8-11,16-17H,7,12-13H2;1H. The molecule has 0 bridgehead atoms. The van der Waals surface area contributed by atoms with Gasteiger partial charge >= 0.3 is 7.60 Å². The molecule has 0 radical (unpaired) electrons. The fourth-order valence-corrected chi connectivity index (χ4v) is 4.50. The Bertz CT molecular complexity index is 572. The average Bonchev–Trinajstić information content (AvgIpc) is 3.04. The number of nitrogens with two attached hydrogens (primary N) is 1. The minimum absolute atomic E-state index is 0. The quantitative estimate of drug-likeness (QED) is 0.740. The van der Waals surface area contributed by atoms with Crippen molar-refractivity contribution in [3.05, 3.63) is 60.7 Å². The molecule has 2 aromatic rings. The van der Waals surface area contributed by atoms with Crippen LogP contribution in [-0.4, -0.2) is 12.3 Å². The van der Waals surface area contributed by atoms with Crippen molar-refractivity contribution in [2.75, 3.05) is 6.54 Å². The predicted octanol–water partition coefficient (Wildman–Crippen LogP) is 0.0248. The van der Waals surface area contributed by atoms with Crippen molar-refractivity contribution in [2.24, 2.45) is 0 Å². The number of quaternary nitrogens is 1. The summed E-state index contributed by atoms with van der Waals surface area (Å²) in [6.07, 6.45) is 1.88. The van der Waals surface area contributed by atoms with Gasteiger partial charge in [-0.05, 0) is 24.3 Å². The molecule has 0 saturated carbocycles. The van der Waals surface area contributed by atoms with E-state index in [9.17, 15) is 4.57 Å². The Morgan fingerprint density at radius 3 is 1.82 bits per heavy atom. The molecule has 2 N–H and O–H groups in total. The van der Waals surface area contributed by atoms with Crippen molar-refractivity contribution in [3.8, 4) is 11.5 Å². The van der Waals surface area contributed by atoms with E-state index in [1.54, 1.807) is 24.3 Å². The first-order valence-corrected chi connectivity index (χ1v) is 8.80. The molecule has 1 unspecified atom stereocenters. The molecule has 6 heteroatoms. The largest absolute Gasteiger partial charge is 1.00 e. The Morgan fingerprint density at radius 1 is 0.909 bits per heavy atom. The summed E-state index contributed by atoms with van der Waals surface area (Å²) in [6, 6.07) is 18.5. The second-order valence-corrected chi connectivity index (χ2v) is 7.19. The number of hydrogen-bond donors (Lipinski definition) is 1. The molecule has 1 aliphatic heterocycles. The third-order valence-electron chi connectivity index (χ3n) is 3.50. The van der Waals surface area contributed by atoms with Gasteiger partial charge in [-0.15, -0.1) is 0 Å². The van der Waals surface area contributed by atoms with Crippen LogP contribution in [0.4, 0.5) is 0 Å². The van der Waals surface area contributed by atoms with Gasteiger partial charge < -0.3 is 31.3 Å². The van der Waals surface area contributed by atoms with Crippen molar-refractivity contribution in [3.63, 3.8) is 0 Å². The van der Waals surface area contributed by atoms with Crippen LogP contribution in [0.25, 0.3) is 0 Å². The van der Waals surface area contributed by atoms with Gasteiger partial charge in [0.2, 0.25) is 5.78 Å². The van der Waals surface area contributed by atoms with Crippen LogP contribution in [0.1, 0.15) is 12.8 Å². The first-order chi connectivity index (χ1) is 10.3. The fourth-order valence-electron chi connectivity index (χ4n) is 2.45. The highest BCUT2D eigenvalue weighted by Crippen LogP contribution is 2.52. The normalized spacial score (nSPS) is 17.5. The van der Waals surface area contributed by atoms with Gasteiger partial charge in [-0.1, -0.05) is 36.4 Å². The summed E-state index contributed by atoms with van der Waals surface area (Å²) < 4.78 is 24.9. The summed E-state index contributed by atoms with van der Waals surface area (Å²) in [4.78, 5) is 0. The van der Waals surface area contributed by atoms with Gasteiger partial charge in [-0.3, -0.25) is 0 Å². The summed E-state index contributed by atoms with van der Waals surface area (Å²) in [6.45, 7) is 0.963. The average molecular weight is 384 g/mol. The topological polar surface area (TPSA) is 52.1 Å². The van der Waals surface area contributed by atoms with E-state index in [1.165, 1.54) is 0 Å². The van der Waals surface area contributed by atoms with Crippen LogP contribution < -0.4 is 31.3 Å². The summed E-state index contributed by atoms with van der Waals surface area (Å²) >= 11 is 0. The molecule has 0 aromatic heterocycles. The maximum Gasteiger partial charge on any atom is 0.487 e. The molecule has 1 aliphatic rings. The molecule has 3 rings (SSSR count). The third-order valence-corrected chi connectivity index (χ3v) is 5.71. The van der Waals surface area contributed by atoms with E-state index in [-0.39, 0.29) is 22.8 Å². The second-order valence-electron chi connectivity index (χ2n) is 5.08. The lowest BCUT2D eigenvalue weighted by Gasteiger charge is -2.22. The highest BCUT2D eigenvalue weighted by molar-refractivity contribution is 7.55. The number of benzene rings is 2. The molecule has 0 spiro atoms. The molecule has 1 fully saturated rings. The SMILES string of the molecule is O=P(Oc1ccccc1)(Oc1ccccc1)C1CCC[NH2+]1.[Br-]. The van der Waals surface area contributed by atoms with Gasteiger partial charge in [0.05, 0.1) is 6.54 Å². The van der Waals surface area contributed by atoms with Gasteiger partial charge in [0.15, 0.2) is 0 Å². The minimum Gasteiger partial charge on any atom is -1.00 e. The first kappa shape index (κ1) is 17.1. The summed E-state index contributed by atoms with van der Waals surface area (Å²) in [5.41, 5.74) is 0. The monoisotopic (exact) mass is 383 g/mol. The van der Waals surface area contributed by atoms with Crippen LogP contribution in [0.5, 0.6) is 11.5 Å². The van der Waals surface area contributed by atoms with Gasteiger partial charge in [-0.2, -0.15) is 0 Å². The highest BCUT2D eigenvalue weighted by atomic mass is 79.9. The number of para-hydroxylation sites is 2. The minimum atomic E-state index is -3.27. The summed E-state index contributed by atoms with van der Waals surface area (Å²) in [7, 11) is -3.27. The number of hydrogen-bond acceptors (Lipinski definition) is 3. The van der Waals surface area contributed by atoms with Crippen molar-refractivity contribution in [1.29, 1.82) is 0 Å². The van der Waals surface area contributed by atoms with E-state index in [4.69, 9.17) is 9.05 Å². The Morgan fingerprint density at radius 2 is 1.41 bits per heavy atom. The molecule has 0 aliphatic carbocycles. The molecule has 4 nitrogen and oxygen atoms in total. The third kappa shape index (κ3) is 4.13. The summed E-state index contributed by atoms with van der Waals surface area (Å²) in [5, 5.41) is 2.06. The molecule has 0 amide bonds. The fraction of sp³-hybridized carbons (Fsp3) is 0.250. The molecule has 2 aromatic carbocycles. The van der Waals surface area contributed by atoms with Crippen molar-refractivity contribution < 1.29 is 35.9 Å². The summed E-state index contributed by atoms with van der Waals surface area (Å²) in [5.74, 6) is 1.02. The van der Waals surface area contributed by atoms with Gasteiger partial charge in [0.25, 0.3) is 0 Å². The van der Waals surface area contributed by atoms with Crippen molar-refractivity contribution in [1.82, 2.24) is 0 Å². The molecule has 1 heterocycles. The maximum atomic E-state index is 13.3. The Labute approximate surface area is 141 Å². The smallest absolute Gasteiger partial charge is 0.487 e. The van der Waals surface area contributed by atoms with E-state index in [2.05, 4.69) is 5.32 Å². The Kier molecular flexibility index (Phi) is 6.07. The Balaban J connectivity index is 0.00000176.